The molecule has 0 unspecified atom stereocenters. The Balaban J connectivity index is 1.94. The first-order chi connectivity index (χ1) is 14.0. The van der Waals surface area contributed by atoms with E-state index < -0.39 is 16.9 Å². The maximum Gasteiger partial charge on any atom is 0.410 e. The van der Waals surface area contributed by atoms with Crippen LogP contribution in [-0.4, -0.2) is 61.9 Å². The fraction of sp³-hybridized carbons (Fsp3) is 0.600. The van der Waals surface area contributed by atoms with Crippen LogP contribution in [0.4, 0.5) is 10.7 Å². The number of anilines is 1. The number of nitrogens with zero attached hydrogens (tertiary/aromatic N) is 5. The van der Waals surface area contributed by atoms with Crippen LogP contribution in [0, 0.1) is 0 Å². The van der Waals surface area contributed by atoms with Crippen LogP contribution in [-0.2, 0) is 18.3 Å². The number of allylic oxidation sites excluding steroid dienone is 2. The average molecular weight is 418 g/mol. The van der Waals surface area contributed by atoms with Crippen molar-refractivity contribution in [3.8, 4) is 0 Å². The molecule has 1 amide bonds. The van der Waals surface area contributed by atoms with Crippen LogP contribution in [0.25, 0.3) is 11.2 Å². The first-order valence-corrected chi connectivity index (χ1v) is 10.0. The molecule has 10 nitrogen and oxygen atoms in total. The lowest BCUT2D eigenvalue weighted by Gasteiger charge is -2.36. The van der Waals surface area contributed by atoms with E-state index in [0.29, 0.717) is 49.8 Å². The maximum atomic E-state index is 12.5. The third-order valence-corrected chi connectivity index (χ3v) is 4.88. The number of fused-ring (bicyclic) bond motifs is 1. The van der Waals surface area contributed by atoms with Crippen LogP contribution in [0.1, 0.15) is 34.6 Å². The Bertz CT molecular complexity index is 1090. The van der Waals surface area contributed by atoms with Crippen molar-refractivity contribution in [2.45, 2.75) is 46.8 Å². The molecular weight excluding hydrogens is 388 g/mol. The quantitative estimate of drug-likeness (QED) is 0.757. The van der Waals surface area contributed by atoms with E-state index in [2.05, 4.69) is 9.97 Å². The molecule has 0 aliphatic carbocycles. The third kappa shape index (κ3) is 4.42. The van der Waals surface area contributed by atoms with Gasteiger partial charge in [0.15, 0.2) is 11.2 Å². The van der Waals surface area contributed by atoms with Crippen molar-refractivity contribution in [1.29, 1.82) is 0 Å². The zero-order valence-electron chi connectivity index (χ0n) is 18.5. The lowest BCUT2D eigenvalue weighted by molar-refractivity contribution is 0.0240. The van der Waals surface area contributed by atoms with Gasteiger partial charge in [-0.1, -0.05) is 11.6 Å². The van der Waals surface area contributed by atoms with Gasteiger partial charge in [-0.25, -0.2) is 9.59 Å². The van der Waals surface area contributed by atoms with Gasteiger partial charge < -0.3 is 19.1 Å². The van der Waals surface area contributed by atoms with Gasteiger partial charge in [0.1, 0.15) is 5.60 Å². The van der Waals surface area contributed by atoms with Crippen molar-refractivity contribution in [3.63, 3.8) is 0 Å². The van der Waals surface area contributed by atoms with Gasteiger partial charge in [-0.3, -0.25) is 14.3 Å². The molecule has 3 heterocycles. The van der Waals surface area contributed by atoms with Crippen LogP contribution < -0.4 is 16.1 Å². The summed E-state index contributed by atoms with van der Waals surface area (Å²) in [6.45, 7) is 12.0. The zero-order valence-corrected chi connectivity index (χ0v) is 18.5. The van der Waals surface area contributed by atoms with Crippen molar-refractivity contribution in [1.82, 2.24) is 24.0 Å². The highest BCUT2D eigenvalue weighted by Gasteiger charge is 2.28. The van der Waals surface area contributed by atoms with Crippen molar-refractivity contribution >= 4 is 23.2 Å². The number of amides is 1. The van der Waals surface area contributed by atoms with Gasteiger partial charge in [-0.15, -0.1) is 0 Å². The molecule has 0 bridgehead atoms. The second-order valence-corrected chi connectivity index (χ2v) is 8.75. The second kappa shape index (κ2) is 8.00. The minimum Gasteiger partial charge on any atom is -0.444 e. The molecular formula is C20H30N6O4. The van der Waals surface area contributed by atoms with E-state index in [9.17, 15) is 14.4 Å². The number of H-pyrrole nitrogens is 1. The Morgan fingerprint density at radius 2 is 1.80 bits per heavy atom. The minimum atomic E-state index is -0.543. The second-order valence-electron chi connectivity index (χ2n) is 8.75. The van der Waals surface area contributed by atoms with Crippen LogP contribution in [0.5, 0.6) is 0 Å². The van der Waals surface area contributed by atoms with E-state index in [1.807, 2.05) is 50.2 Å². The molecule has 0 atom stereocenters. The number of rotatable bonds is 3. The van der Waals surface area contributed by atoms with Crippen LogP contribution >= 0.6 is 0 Å². The first-order valence-electron chi connectivity index (χ1n) is 10.0. The molecule has 0 spiro atoms. The molecule has 2 aromatic heterocycles. The third-order valence-electron chi connectivity index (χ3n) is 4.88. The van der Waals surface area contributed by atoms with E-state index in [1.165, 1.54) is 4.57 Å². The minimum absolute atomic E-state index is 0.334. The Labute approximate surface area is 174 Å². The summed E-state index contributed by atoms with van der Waals surface area (Å²) in [5, 5.41) is 0. The van der Waals surface area contributed by atoms with Gasteiger partial charge in [-0.2, -0.15) is 4.98 Å². The number of ether oxygens (including phenoxy) is 1. The van der Waals surface area contributed by atoms with Crippen LogP contribution in [0.15, 0.2) is 21.2 Å². The Morgan fingerprint density at radius 1 is 1.17 bits per heavy atom. The van der Waals surface area contributed by atoms with Crippen LogP contribution in [0.3, 0.4) is 0 Å². The summed E-state index contributed by atoms with van der Waals surface area (Å²) in [5.41, 5.74) is 0.314. The number of aryl methyl sites for hydroxylation is 1. The number of carbonyl (C=O) groups is 1. The van der Waals surface area contributed by atoms with Gasteiger partial charge in [0.25, 0.3) is 5.56 Å². The highest BCUT2D eigenvalue weighted by Crippen LogP contribution is 2.22. The number of aromatic amines is 1. The van der Waals surface area contributed by atoms with Gasteiger partial charge in [0.2, 0.25) is 5.95 Å². The number of carbonyl (C=O) groups excluding carboxylic acids is 1. The Kier molecular flexibility index (Phi) is 5.78. The predicted octanol–water partition coefficient (Wildman–Crippen LogP) is 1.45. The van der Waals surface area contributed by atoms with Gasteiger partial charge in [-0.05, 0) is 34.6 Å². The summed E-state index contributed by atoms with van der Waals surface area (Å²) in [5.74, 6) is 0.609. The van der Waals surface area contributed by atoms with E-state index in [0.717, 1.165) is 5.57 Å². The molecule has 0 aromatic carbocycles. The van der Waals surface area contributed by atoms with Crippen LogP contribution in [0.2, 0.25) is 0 Å². The monoisotopic (exact) mass is 418 g/mol. The SMILES string of the molecule is CC(C)=CCn1c(N2CCN(C(=O)OC(C)(C)C)CC2)nc2c1c(=O)[nH]c(=O)n2C. The smallest absolute Gasteiger partial charge is 0.410 e. The number of aromatic nitrogens is 4. The Hall–Kier alpha value is -3.04. The molecule has 164 valence electrons. The molecule has 1 aliphatic rings. The zero-order chi connectivity index (χ0) is 22.2. The van der Waals surface area contributed by atoms with E-state index >= 15 is 0 Å². The largest absolute Gasteiger partial charge is 0.444 e. The van der Waals surface area contributed by atoms with Gasteiger partial charge in [0.05, 0.1) is 0 Å². The van der Waals surface area contributed by atoms with E-state index in [4.69, 9.17) is 4.74 Å². The lowest BCUT2D eigenvalue weighted by Crippen LogP contribution is -2.50. The summed E-state index contributed by atoms with van der Waals surface area (Å²) < 4.78 is 8.62. The maximum absolute atomic E-state index is 12.5. The number of piperazine rings is 1. The van der Waals surface area contributed by atoms with E-state index in [-0.39, 0.29) is 6.09 Å². The Morgan fingerprint density at radius 3 is 2.37 bits per heavy atom. The number of imidazole rings is 1. The molecule has 3 rings (SSSR count). The standard InChI is InChI=1S/C20H30N6O4/c1-13(2)7-8-26-14-15(23(6)18(28)22-16(14)27)21-17(26)24-9-11-25(12-10-24)19(29)30-20(3,4)5/h7H,8-12H2,1-6H3,(H,22,27,28). The summed E-state index contributed by atoms with van der Waals surface area (Å²) in [4.78, 5) is 47.6. The van der Waals surface area contributed by atoms with E-state index in [1.54, 1.807) is 11.9 Å². The molecule has 2 aromatic rings. The lowest BCUT2D eigenvalue weighted by atomic mass is 10.2. The summed E-state index contributed by atoms with van der Waals surface area (Å²) >= 11 is 0. The van der Waals surface area contributed by atoms with Crippen molar-refractivity contribution < 1.29 is 9.53 Å². The van der Waals surface area contributed by atoms with Gasteiger partial charge in [0, 0.05) is 39.8 Å². The highest BCUT2D eigenvalue weighted by atomic mass is 16.6. The molecule has 1 N–H and O–H groups in total. The fourth-order valence-corrected chi connectivity index (χ4v) is 3.33. The van der Waals surface area contributed by atoms with Crippen molar-refractivity contribution in [3.05, 3.63) is 32.5 Å². The van der Waals surface area contributed by atoms with Crippen molar-refractivity contribution in [2.75, 3.05) is 31.1 Å². The number of nitrogens with one attached hydrogen (secondary N) is 1. The van der Waals surface area contributed by atoms with Gasteiger partial charge >= 0.3 is 11.8 Å². The molecule has 0 radical (unpaired) electrons. The first kappa shape index (κ1) is 21.7. The molecule has 1 fully saturated rings. The fourth-order valence-electron chi connectivity index (χ4n) is 3.33. The molecule has 0 saturated carbocycles. The van der Waals surface area contributed by atoms with Crippen molar-refractivity contribution in [2.24, 2.45) is 7.05 Å². The number of hydrogen-bond donors (Lipinski definition) is 1. The average Bonchev–Trinajstić information content (AvgIpc) is 3.03. The molecule has 1 aliphatic heterocycles. The normalized spacial score (nSPS) is 14.9. The number of hydrogen-bond acceptors (Lipinski definition) is 6. The molecule has 10 heteroatoms. The molecule has 1 saturated heterocycles. The highest BCUT2D eigenvalue weighted by molar-refractivity contribution is 5.75. The topological polar surface area (TPSA) is 105 Å². The molecule has 30 heavy (non-hydrogen) atoms. The summed E-state index contributed by atoms with van der Waals surface area (Å²) in [7, 11) is 1.59. The summed E-state index contributed by atoms with van der Waals surface area (Å²) in [6, 6.07) is 0. The predicted molar refractivity (Wildman–Crippen MR) is 115 cm³/mol. The summed E-state index contributed by atoms with van der Waals surface area (Å²) in [6.07, 6.45) is 1.67.